The second-order valence-electron chi connectivity index (χ2n) is 24.8. The second kappa shape index (κ2) is 67.6. The number of quaternary nitrogens is 1. The van der Waals surface area contributed by atoms with E-state index in [9.17, 15) is 19.5 Å². The van der Waals surface area contributed by atoms with Gasteiger partial charge in [0.05, 0.1) is 34.4 Å². The Morgan fingerprint density at radius 1 is 0.345 bits per heavy atom. The number of carboxylic acids is 1. The van der Waals surface area contributed by atoms with Crippen LogP contribution in [0.5, 0.6) is 0 Å². The number of carbonyl (C=O) groups excluding carboxylic acids is 2. The number of aliphatic carboxylic acids is 1. The lowest BCUT2D eigenvalue weighted by Gasteiger charge is -2.25. The van der Waals surface area contributed by atoms with Crippen molar-refractivity contribution in [2.75, 3.05) is 47.5 Å². The van der Waals surface area contributed by atoms with Crippen LogP contribution in [0.1, 0.15) is 296 Å². The summed E-state index contributed by atoms with van der Waals surface area (Å²) in [7, 11) is 5.98. The molecule has 0 saturated heterocycles. The summed E-state index contributed by atoms with van der Waals surface area (Å²) in [4.78, 5) is 37.7. The van der Waals surface area contributed by atoms with E-state index in [-0.39, 0.29) is 32.2 Å². The molecule has 0 fully saturated rings. The smallest absolute Gasteiger partial charge is 0.361 e. The van der Waals surface area contributed by atoms with Gasteiger partial charge in [0.2, 0.25) is 0 Å². The minimum Gasteiger partial charge on any atom is -0.477 e. The van der Waals surface area contributed by atoms with Crippen LogP contribution in [0.4, 0.5) is 0 Å². The van der Waals surface area contributed by atoms with Gasteiger partial charge in [-0.05, 0) is 103 Å². The highest BCUT2D eigenvalue weighted by atomic mass is 16.7. The van der Waals surface area contributed by atoms with Gasteiger partial charge >= 0.3 is 17.9 Å². The molecule has 0 saturated carbocycles. The molecule has 0 rings (SSSR count). The fourth-order valence-electron chi connectivity index (χ4n) is 9.83. The van der Waals surface area contributed by atoms with Crippen LogP contribution in [0.2, 0.25) is 0 Å². The molecule has 0 aromatic carbocycles. The van der Waals surface area contributed by atoms with Crippen LogP contribution in [0.25, 0.3) is 0 Å². The Labute approximate surface area is 536 Å². The molecule has 0 spiro atoms. The van der Waals surface area contributed by atoms with E-state index >= 15 is 0 Å². The summed E-state index contributed by atoms with van der Waals surface area (Å²) in [6, 6.07) is 0. The number of allylic oxidation sites excluding steroid dienone is 20. The third-order valence-corrected chi connectivity index (χ3v) is 15.2. The Morgan fingerprint density at radius 3 is 0.920 bits per heavy atom. The lowest BCUT2D eigenvalue weighted by atomic mass is 10.0. The van der Waals surface area contributed by atoms with E-state index in [0.717, 1.165) is 103 Å². The van der Waals surface area contributed by atoms with Gasteiger partial charge in [-0.1, -0.05) is 302 Å². The first-order valence-corrected chi connectivity index (χ1v) is 35.7. The van der Waals surface area contributed by atoms with Crippen molar-refractivity contribution in [3.8, 4) is 0 Å². The molecular formula is C78H134NO8+. The predicted octanol–water partition coefficient (Wildman–Crippen LogP) is 22.4. The molecule has 498 valence electrons. The lowest BCUT2D eigenvalue weighted by Crippen LogP contribution is -2.40. The van der Waals surface area contributed by atoms with E-state index in [4.69, 9.17) is 18.9 Å². The van der Waals surface area contributed by atoms with Crippen LogP contribution in [0, 0.1) is 0 Å². The number of esters is 2. The van der Waals surface area contributed by atoms with Gasteiger partial charge in [0, 0.05) is 12.8 Å². The molecule has 87 heavy (non-hydrogen) atoms. The number of hydrogen-bond donors (Lipinski definition) is 1. The van der Waals surface area contributed by atoms with Crippen LogP contribution in [-0.4, -0.2) is 87.4 Å². The zero-order valence-corrected chi connectivity index (χ0v) is 56.9. The largest absolute Gasteiger partial charge is 0.477 e. The first-order valence-electron chi connectivity index (χ1n) is 35.7. The number of unbranched alkanes of at least 4 members (excludes halogenated alkanes) is 30. The Balaban J connectivity index is 4.10. The van der Waals surface area contributed by atoms with E-state index in [1.807, 2.05) is 21.1 Å². The fourth-order valence-corrected chi connectivity index (χ4v) is 9.83. The van der Waals surface area contributed by atoms with Crippen LogP contribution >= 0.6 is 0 Å². The van der Waals surface area contributed by atoms with Crippen molar-refractivity contribution >= 4 is 17.9 Å². The normalized spacial score (nSPS) is 13.4. The Hall–Kier alpha value is -4.31. The zero-order valence-electron chi connectivity index (χ0n) is 56.9. The van der Waals surface area contributed by atoms with Crippen molar-refractivity contribution in [2.24, 2.45) is 0 Å². The molecule has 1 N–H and O–H groups in total. The molecule has 2 unspecified atom stereocenters. The number of likely N-dealkylation sites (N-methyl/N-ethyl adjacent to an activating group) is 1. The van der Waals surface area contributed by atoms with Gasteiger partial charge in [-0.2, -0.15) is 0 Å². The van der Waals surface area contributed by atoms with Gasteiger partial charge in [-0.3, -0.25) is 9.59 Å². The van der Waals surface area contributed by atoms with Gasteiger partial charge in [-0.25, -0.2) is 4.79 Å². The Morgan fingerprint density at radius 2 is 0.621 bits per heavy atom. The number of carbonyl (C=O) groups is 3. The van der Waals surface area contributed by atoms with Crippen molar-refractivity contribution in [1.82, 2.24) is 0 Å². The maximum Gasteiger partial charge on any atom is 0.361 e. The van der Waals surface area contributed by atoms with Gasteiger partial charge in [0.1, 0.15) is 13.2 Å². The highest BCUT2D eigenvalue weighted by molar-refractivity contribution is 5.71. The summed E-state index contributed by atoms with van der Waals surface area (Å²) in [6.45, 7) is 4.67. The molecule has 0 radical (unpaired) electrons. The topological polar surface area (TPSA) is 108 Å². The highest BCUT2D eigenvalue weighted by Crippen LogP contribution is 2.17. The van der Waals surface area contributed by atoms with Crippen molar-refractivity contribution < 1.29 is 42.9 Å². The number of carboxylic acid groups (broad SMARTS) is 1. The lowest BCUT2D eigenvalue weighted by molar-refractivity contribution is -0.870. The molecule has 9 heteroatoms. The summed E-state index contributed by atoms with van der Waals surface area (Å²) in [6.07, 6.45) is 93.1. The van der Waals surface area contributed by atoms with E-state index in [1.54, 1.807) is 0 Å². The van der Waals surface area contributed by atoms with Gasteiger partial charge in [-0.15, -0.1) is 0 Å². The standard InChI is InChI=1S/C78H133NO8/c1-6-8-10-12-14-16-18-20-22-24-26-28-30-32-34-35-36-37-38-39-40-41-43-45-47-49-51-53-55-57-59-61-63-65-67-69-76(81)87-74(73-86-78(77(82)83)84-71-70-79(3,4)5)72-85-75(80)68-66-64-62-60-58-56-54-52-50-48-46-44-42-33-31-29-27-25-23-21-19-17-15-13-11-9-7-2/h8-11,14-17,20-23,26-29,32,34,36-37,74,78H,6-7,12-13,18-19,24-25,30-31,33,35,38-73H2,1-5H3/p+1/b10-8-,11-9-,16-14-,17-15-,22-20-,23-21-,28-26-,29-27-,34-32-,37-36-. The molecule has 9 nitrogen and oxygen atoms in total. The quantitative estimate of drug-likeness (QED) is 0.0211. The molecular weight excluding hydrogens is 1080 g/mol. The molecule has 0 aliphatic heterocycles. The third-order valence-electron chi connectivity index (χ3n) is 15.2. The molecule has 0 aromatic rings. The zero-order chi connectivity index (χ0) is 63.3. The third kappa shape index (κ3) is 69.0. The summed E-state index contributed by atoms with van der Waals surface area (Å²) in [5.74, 6) is -2.00. The van der Waals surface area contributed by atoms with E-state index in [2.05, 4.69) is 135 Å². The van der Waals surface area contributed by atoms with Crippen molar-refractivity contribution in [2.45, 2.75) is 309 Å². The number of ether oxygens (including phenoxy) is 4. The first kappa shape index (κ1) is 82.7. The minimum absolute atomic E-state index is 0.184. The van der Waals surface area contributed by atoms with Gasteiger partial charge < -0.3 is 28.5 Å². The van der Waals surface area contributed by atoms with Crippen molar-refractivity contribution in [1.29, 1.82) is 0 Å². The van der Waals surface area contributed by atoms with Crippen molar-refractivity contribution in [3.05, 3.63) is 122 Å². The number of nitrogens with zero attached hydrogens (tertiary/aromatic N) is 1. The van der Waals surface area contributed by atoms with Crippen LogP contribution in [0.15, 0.2) is 122 Å². The van der Waals surface area contributed by atoms with E-state index < -0.39 is 24.3 Å². The first-order chi connectivity index (χ1) is 42.6. The highest BCUT2D eigenvalue weighted by Gasteiger charge is 2.25. The summed E-state index contributed by atoms with van der Waals surface area (Å²) >= 11 is 0. The molecule has 0 aromatic heterocycles. The monoisotopic (exact) mass is 1210 g/mol. The number of hydrogen-bond acceptors (Lipinski definition) is 7. The Kier molecular flexibility index (Phi) is 64.3. The van der Waals surface area contributed by atoms with Gasteiger partial charge in [0.15, 0.2) is 6.10 Å². The molecule has 0 bridgehead atoms. The average Bonchev–Trinajstić information content (AvgIpc) is 3.56. The molecule has 0 amide bonds. The van der Waals surface area contributed by atoms with E-state index in [0.29, 0.717) is 17.4 Å². The Bertz CT molecular complexity index is 1840. The maximum absolute atomic E-state index is 13.0. The van der Waals surface area contributed by atoms with Crippen LogP contribution < -0.4 is 0 Å². The van der Waals surface area contributed by atoms with Crippen LogP contribution in [-0.2, 0) is 33.3 Å². The van der Waals surface area contributed by atoms with Gasteiger partial charge in [0.25, 0.3) is 6.29 Å². The molecule has 0 aliphatic rings. The molecule has 2 atom stereocenters. The minimum atomic E-state index is -1.52. The molecule has 0 heterocycles. The fraction of sp³-hybridized carbons (Fsp3) is 0.705. The maximum atomic E-state index is 13.0. The summed E-state index contributed by atoms with van der Waals surface area (Å²) in [5, 5.41) is 9.75. The van der Waals surface area contributed by atoms with Crippen LogP contribution in [0.3, 0.4) is 0 Å². The molecule has 0 aliphatic carbocycles. The van der Waals surface area contributed by atoms with Crippen molar-refractivity contribution in [3.63, 3.8) is 0 Å². The SMILES string of the molecule is CC/C=C\C/C=C\C/C=C\C/C=C\C/C=C\C/C=C\CCCCCCCCCCCCCCCCCCC(=O)OC(COC(=O)CCCCCCCCCCCCCCCC/C=C\C/C=C\C/C=C\C/C=C\CC)COC(OCC[N+](C)(C)C)C(=O)O. The average molecular weight is 1210 g/mol. The summed E-state index contributed by atoms with van der Waals surface area (Å²) < 4.78 is 23.0. The van der Waals surface area contributed by atoms with E-state index in [1.165, 1.54) is 167 Å². The second-order valence-corrected chi connectivity index (χ2v) is 24.8. The summed E-state index contributed by atoms with van der Waals surface area (Å²) in [5.41, 5.74) is 0. The predicted molar refractivity (Wildman–Crippen MR) is 373 cm³/mol. The number of rotatable bonds is 65.